The minimum Gasteiger partial charge on any atom is -0.421 e. The first kappa shape index (κ1) is 16.4. The number of hydrogen-bond acceptors (Lipinski definition) is 5. The molecule has 23 heavy (non-hydrogen) atoms. The Labute approximate surface area is 133 Å². The molecule has 5 heteroatoms. The van der Waals surface area contributed by atoms with E-state index in [9.17, 15) is 14.4 Å². The van der Waals surface area contributed by atoms with Crippen LogP contribution in [0.15, 0.2) is 54.6 Å². The highest BCUT2D eigenvalue weighted by Crippen LogP contribution is 2.21. The number of rotatable bonds is 5. The van der Waals surface area contributed by atoms with E-state index in [0.717, 1.165) is 0 Å². The molecule has 0 N–H and O–H groups in total. The van der Waals surface area contributed by atoms with Crippen molar-refractivity contribution in [3.05, 3.63) is 71.3 Å². The van der Waals surface area contributed by atoms with E-state index in [1.165, 1.54) is 13.8 Å². The average Bonchev–Trinajstić information content (AvgIpc) is 2.54. The molecule has 0 heterocycles. The Hall–Kier alpha value is -2.95. The first-order valence-electron chi connectivity index (χ1n) is 7.01. The number of carbonyl (C=O) groups is 3. The van der Waals surface area contributed by atoms with Crippen LogP contribution in [0.5, 0.6) is 0 Å². The fourth-order valence-corrected chi connectivity index (χ4v) is 2.01. The average molecular weight is 312 g/mol. The summed E-state index contributed by atoms with van der Waals surface area (Å²) in [4.78, 5) is 34.5. The predicted octanol–water partition coefficient (Wildman–Crippen LogP) is 3.04. The lowest BCUT2D eigenvalue weighted by Gasteiger charge is -2.17. The van der Waals surface area contributed by atoms with Gasteiger partial charge in [0.1, 0.15) is 0 Å². The Morgan fingerprint density at radius 1 is 0.739 bits per heavy atom. The molecule has 0 spiro atoms. The minimum absolute atomic E-state index is 0.117. The summed E-state index contributed by atoms with van der Waals surface area (Å²) in [7, 11) is 0. The molecule has 0 aliphatic carbocycles. The Bertz CT molecular complexity index is 688. The lowest BCUT2D eigenvalue weighted by molar-refractivity contribution is -0.186. The Balaban J connectivity index is 2.21. The van der Waals surface area contributed by atoms with Gasteiger partial charge in [0.15, 0.2) is 5.78 Å². The van der Waals surface area contributed by atoms with Crippen LogP contribution < -0.4 is 0 Å². The fraction of sp³-hybridized carbons (Fsp3) is 0.167. The van der Waals surface area contributed by atoms with Gasteiger partial charge >= 0.3 is 11.9 Å². The van der Waals surface area contributed by atoms with Crippen LogP contribution in [0.25, 0.3) is 0 Å². The summed E-state index contributed by atoms with van der Waals surface area (Å²) in [5.74, 6) is -1.25. The molecule has 0 saturated carbocycles. The Morgan fingerprint density at radius 2 is 1.22 bits per heavy atom. The Morgan fingerprint density at radius 3 is 1.70 bits per heavy atom. The maximum Gasteiger partial charge on any atom is 0.305 e. The van der Waals surface area contributed by atoms with Gasteiger partial charge in [0.2, 0.25) is 0 Å². The van der Waals surface area contributed by atoms with Crippen molar-refractivity contribution >= 4 is 17.7 Å². The van der Waals surface area contributed by atoms with Crippen molar-refractivity contribution in [2.45, 2.75) is 20.1 Å². The fourth-order valence-electron chi connectivity index (χ4n) is 2.01. The summed E-state index contributed by atoms with van der Waals surface area (Å²) in [6, 6.07) is 15.3. The van der Waals surface area contributed by atoms with Crippen LogP contribution in [0, 0.1) is 0 Å². The highest BCUT2D eigenvalue weighted by atomic mass is 16.7. The topological polar surface area (TPSA) is 69.7 Å². The SMILES string of the molecule is CC(=O)OC(OC(C)=O)c1ccc(C(=O)c2ccccc2)cc1. The molecule has 5 nitrogen and oxygen atoms in total. The zero-order valence-electron chi connectivity index (χ0n) is 12.8. The number of benzene rings is 2. The quantitative estimate of drug-likeness (QED) is 0.482. The minimum atomic E-state index is -1.12. The molecule has 0 aliphatic heterocycles. The van der Waals surface area contributed by atoms with Gasteiger partial charge in [-0.05, 0) is 0 Å². The highest BCUT2D eigenvalue weighted by molar-refractivity contribution is 6.08. The van der Waals surface area contributed by atoms with Gasteiger partial charge in [-0.2, -0.15) is 0 Å². The van der Waals surface area contributed by atoms with Gasteiger partial charge in [0, 0.05) is 30.5 Å². The molecular formula is C18H16O5. The second-order valence-corrected chi connectivity index (χ2v) is 4.87. The van der Waals surface area contributed by atoms with Gasteiger partial charge in [-0.25, -0.2) is 0 Å². The molecule has 0 saturated heterocycles. The zero-order chi connectivity index (χ0) is 16.8. The Kier molecular flexibility index (Phi) is 5.25. The van der Waals surface area contributed by atoms with Crippen LogP contribution in [-0.4, -0.2) is 17.7 Å². The molecule has 0 radical (unpaired) electrons. The van der Waals surface area contributed by atoms with Crippen LogP contribution >= 0.6 is 0 Å². The van der Waals surface area contributed by atoms with Crippen LogP contribution in [-0.2, 0) is 19.1 Å². The zero-order valence-corrected chi connectivity index (χ0v) is 12.8. The normalized spacial score (nSPS) is 10.2. The molecule has 0 atom stereocenters. The van der Waals surface area contributed by atoms with Crippen LogP contribution in [0.4, 0.5) is 0 Å². The van der Waals surface area contributed by atoms with E-state index in [1.807, 2.05) is 6.07 Å². The molecule has 0 aliphatic rings. The van der Waals surface area contributed by atoms with Crippen molar-refractivity contribution in [3.63, 3.8) is 0 Å². The smallest absolute Gasteiger partial charge is 0.305 e. The van der Waals surface area contributed by atoms with Crippen molar-refractivity contribution < 1.29 is 23.9 Å². The monoisotopic (exact) mass is 312 g/mol. The molecule has 2 aromatic carbocycles. The third-order valence-corrected chi connectivity index (χ3v) is 3.03. The lowest BCUT2D eigenvalue weighted by Crippen LogP contribution is -2.15. The summed E-state index contributed by atoms with van der Waals surface area (Å²) >= 11 is 0. The number of ether oxygens (including phenoxy) is 2. The molecule has 2 aromatic rings. The molecule has 0 aromatic heterocycles. The molecule has 0 unspecified atom stereocenters. The van der Waals surface area contributed by atoms with E-state index in [4.69, 9.17) is 9.47 Å². The standard InChI is InChI=1S/C18H16O5/c1-12(19)22-18(23-13(2)20)16-10-8-15(9-11-16)17(21)14-6-4-3-5-7-14/h3-11,18H,1-2H3. The van der Waals surface area contributed by atoms with Crippen molar-refractivity contribution in [2.24, 2.45) is 0 Å². The van der Waals surface area contributed by atoms with Gasteiger partial charge in [-0.1, -0.05) is 54.6 Å². The van der Waals surface area contributed by atoms with Crippen molar-refractivity contribution in [3.8, 4) is 0 Å². The summed E-state index contributed by atoms with van der Waals surface area (Å²) in [5.41, 5.74) is 1.54. The number of ketones is 1. The summed E-state index contributed by atoms with van der Waals surface area (Å²) in [6.07, 6.45) is -1.12. The highest BCUT2D eigenvalue weighted by Gasteiger charge is 2.18. The van der Waals surface area contributed by atoms with Crippen LogP contribution in [0.3, 0.4) is 0 Å². The number of carbonyl (C=O) groups excluding carboxylic acids is 3. The summed E-state index contributed by atoms with van der Waals surface area (Å²) < 4.78 is 9.93. The van der Waals surface area contributed by atoms with Gasteiger partial charge in [-0.3, -0.25) is 14.4 Å². The molecule has 118 valence electrons. The van der Waals surface area contributed by atoms with Gasteiger partial charge in [0.05, 0.1) is 0 Å². The molecule has 0 bridgehead atoms. The van der Waals surface area contributed by atoms with E-state index in [2.05, 4.69) is 0 Å². The summed E-state index contributed by atoms with van der Waals surface area (Å²) in [5, 5.41) is 0. The number of esters is 2. The van der Waals surface area contributed by atoms with E-state index in [0.29, 0.717) is 16.7 Å². The second kappa shape index (κ2) is 7.35. The second-order valence-electron chi connectivity index (χ2n) is 4.87. The summed E-state index contributed by atoms with van der Waals surface area (Å²) in [6.45, 7) is 2.45. The van der Waals surface area contributed by atoms with E-state index in [1.54, 1.807) is 48.5 Å². The number of hydrogen-bond donors (Lipinski definition) is 0. The van der Waals surface area contributed by atoms with E-state index < -0.39 is 18.2 Å². The third kappa shape index (κ3) is 4.51. The maximum atomic E-state index is 12.3. The largest absolute Gasteiger partial charge is 0.421 e. The van der Waals surface area contributed by atoms with Gasteiger partial charge in [-0.15, -0.1) is 0 Å². The molecular weight excluding hydrogens is 296 g/mol. The van der Waals surface area contributed by atoms with Crippen molar-refractivity contribution in [2.75, 3.05) is 0 Å². The van der Waals surface area contributed by atoms with Crippen molar-refractivity contribution in [1.29, 1.82) is 0 Å². The maximum absolute atomic E-state index is 12.3. The molecule has 0 fully saturated rings. The first-order valence-corrected chi connectivity index (χ1v) is 7.01. The van der Waals surface area contributed by atoms with Crippen LogP contribution in [0.2, 0.25) is 0 Å². The van der Waals surface area contributed by atoms with Gasteiger partial charge < -0.3 is 9.47 Å². The van der Waals surface area contributed by atoms with Crippen molar-refractivity contribution in [1.82, 2.24) is 0 Å². The molecule has 0 amide bonds. The molecule has 2 rings (SSSR count). The van der Waals surface area contributed by atoms with E-state index >= 15 is 0 Å². The van der Waals surface area contributed by atoms with Crippen LogP contribution in [0.1, 0.15) is 41.6 Å². The first-order chi connectivity index (χ1) is 11.0. The van der Waals surface area contributed by atoms with Gasteiger partial charge in [0.25, 0.3) is 6.29 Å². The van der Waals surface area contributed by atoms with E-state index in [-0.39, 0.29) is 5.78 Å². The predicted molar refractivity (Wildman–Crippen MR) is 82.6 cm³/mol. The lowest BCUT2D eigenvalue weighted by atomic mass is 10.0. The third-order valence-electron chi connectivity index (χ3n) is 3.03.